The predicted octanol–water partition coefficient (Wildman–Crippen LogP) is 1.96. The van der Waals surface area contributed by atoms with Crippen LogP contribution >= 0.6 is 0 Å². The molecule has 116 valence electrons. The number of rotatable bonds is 3. The van der Waals surface area contributed by atoms with Gasteiger partial charge in [-0.15, -0.1) is 0 Å². The lowest BCUT2D eigenvalue weighted by molar-refractivity contribution is 0.0969. The molecule has 0 aromatic rings. The van der Waals surface area contributed by atoms with Crippen molar-refractivity contribution < 1.29 is 5.11 Å². The summed E-state index contributed by atoms with van der Waals surface area (Å²) in [5, 5.41) is 13.6. The highest BCUT2D eigenvalue weighted by Crippen LogP contribution is 2.40. The lowest BCUT2D eigenvalue weighted by Crippen LogP contribution is -2.47. The van der Waals surface area contributed by atoms with Crippen molar-refractivity contribution >= 4 is 0 Å². The lowest BCUT2D eigenvalue weighted by atomic mass is 9.72. The first-order valence-electron chi connectivity index (χ1n) is 8.66. The molecule has 1 aliphatic heterocycles. The van der Waals surface area contributed by atoms with E-state index in [9.17, 15) is 5.11 Å². The van der Waals surface area contributed by atoms with Gasteiger partial charge in [0.1, 0.15) is 0 Å². The zero-order valence-electron chi connectivity index (χ0n) is 13.4. The fourth-order valence-electron chi connectivity index (χ4n) is 5.33. The Morgan fingerprint density at radius 2 is 1.95 bits per heavy atom. The van der Waals surface area contributed by atoms with E-state index in [-0.39, 0.29) is 6.10 Å². The van der Waals surface area contributed by atoms with Crippen LogP contribution in [-0.2, 0) is 0 Å². The second-order valence-corrected chi connectivity index (χ2v) is 7.90. The van der Waals surface area contributed by atoms with Crippen molar-refractivity contribution in [3.8, 4) is 0 Å². The van der Waals surface area contributed by atoms with Crippen molar-refractivity contribution in [2.24, 2.45) is 29.6 Å². The Bertz CT molecular complexity index is 335. The number of aliphatic hydroxyl groups excluding tert-OH is 1. The van der Waals surface area contributed by atoms with Crippen molar-refractivity contribution in [2.75, 3.05) is 26.7 Å². The highest BCUT2D eigenvalue weighted by Gasteiger charge is 2.43. The maximum Gasteiger partial charge on any atom is 0.0583 e. The van der Waals surface area contributed by atoms with E-state index in [2.05, 4.69) is 31.1 Å². The van der Waals surface area contributed by atoms with E-state index in [1.807, 2.05) is 0 Å². The van der Waals surface area contributed by atoms with Gasteiger partial charge in [-0.1, -0.05) is 13.8 Å². The van der Waals surface area contributed by atoms with Crippen LogP contribution in [0.5, 0.6) is 0 Å². The Hall–Kier alpha value is -0.120. The summed E-state index contributed by atoms with van der Waals surface area (Å²) in [5.74, 6) is 3.81. The molecule has 2 aliphatic carbocycles. The number of hydrogen-bond acceptors (Lipinski definition) is 3. The van der Waals surface area contributed by atoms with Gasteiger partial charge in [-0.05, 0) is 56.4 Å². The summed E-state index contributed by atoms with van der Waals surface area (Å²) in [7, 11) is 2.13. The van der Waals surface area contributed by atoms with Crippen LogP contribution in [0.4, 0.5) is 0 Å². The molecule has 3 rings (SSSR count). The van der Waals surface area contributed by atoms with Crippen LogP contribution in [0.1, 0.15) is 39.5 Å². The van der Waals surface area contributed by atoms with E-state index in [0.29, 0.717) is 12.0 Å². The molecular formula is C17H32N2O. The van der Waals surface area contributed by atoms with Crippen LogP contribution in [0.2, 0.25) is 0 Å². The highest BCUT2D eigenvalue weighted by atomic mass is 16.3. The van der Waals surface area contributed by atoms with E-state index < -0.39 is 0 Å². The van der Waals surface area contributed by atoms with Crippen molar-refractivity contribution in [3.63, 3.8) is 0 Å². The van der Waals surface area contributed by atoms with Gasteiger partial charge in [0, 0.05) is 31.6 Å². The SMILES string of the molecule is CNC1CC(C)CC(C)C1CN1CC2CCC(O)C2C1. The molecule has 0 radical (unpaired) electrons. The van der Waals surface area contributed by atoms with Crippen LogP contribution in [0.3, 0.4) is 0 Å². The van der Waals surface area contributed by atoms with E-state index >= 15 is 0 Å². The van der Waals surface area contributed by atoms with E-state index in [1.54, 1.807) is 0 Å². The molecule has 0 bridgehead atoms. The van der Waals surface area contributed by atoms with Crippen LogP contribution in [0, 0.1) is 29.6 Å². The van der Waals surface area contributed by atoms with Crippen molar-refractivity contribution in [1.82, 2.24) is 10.2 Å². The van der Waals surface area contributed by atoms with E-state index in [4.69, 9.17) is 0 Å². The maximum atomic E-state index is 10.1. The Morgan fingerprint density at radius 3 is 2.65 bits per heavy atom. The largest absolute Gasteiger partial charge is 0.393 e. The van der Waals surface area contributed by atoms with E-state index in [1.165, 1.54) is 32.4 Å². The molecule has 2 N–H and O–H groups in total. The first-order valence-corrected chi connectivity index (χ1v) is 8.66. The number of nitrogens with zero attached hydrogens (tertiary/aromatic N) is 1. The van der Waals surface area contributed by atoms with Crippen molar-refractivity contribution in [3.05, 3.63) is 0 Å². The third-order valence-electron chi connectivity index (χ3n) is 6.41. The number of fused-ring (bicyclic) bond motifs is 1. The van der Waals surface area contributed by atoms with Gasteiger partial charge >= 0.3 is 0 Å². The summed E-state index contributed by atoms with van der Waals surface area (Å²) in [6, 6.07) is 0.680. The van der Waals surface area contributed by atoms with Gasteiger partial charge in [0.25, 0.3) is 0 Å². The van der Waals surface area contributed by atoms with Crippen LogP contribution in [-0.4, -0.2) is 48.8 Å². The Kier molecular flexibility index (Phi) is 4.40. The smallest absolute Gasteiger partial charge is 0.0583 e. The molecule has 7 unspecified atom stereocenters. The van der Waals surface area contributed by atoms with Gasteiger partial charge in [0.2, 0.25) is 0 Å². The third-order valence-corrected chi connectivity index (χ3v) is 6.41. The average Bonchev–Trinajstić information content (AvgIpc) is 2.95. The first kappa shape index (κ1) is 14.8. The fourth-order valence-corrected chi connectivity index (χ4v) is 5.33. The molecule has 3 nitrogen and oxygen atoms in total. The summed E-state index contributed by atoms with van der Waals surface area (Å²) in [6.45, 7) is 8.45. The number of nitrogens with one attached hydrogen (secondary N) is 1. The predicted molar refractivity (Wildman–Crippen MR) is 82.6 cm³/mol. The number of likely N-dealkylation sites (tertiary alicyclic amines) is 1. The summed E-state index contributed by atoms with van der Waals surface area (Å²) in [6.07, 6.45) is 4.98. The molecule has 3 fully saturated rings. The fraction of sp³-hybridized carbons (Fsp3) is 1.00. The Morgan fingerprint density at radius 1 is 1.15 bits per heavy atom. The molecule has 0 spiro atoms. The van der Waals surface area contributed by atoms with Gasteiger partial charge in [-0.25, -0.2) is 0 Å². The minimum Gasteiger partial charge on any atom is -0.393 e. The van der Waals surface area contributed by atoms with E-state index in [0.717, 1.165) is 36.6 Å². The number of hydrogen-bond donors (Lipinski definition) is 2. The lowest BCUT2D eigenvalue weighted by Gasteiger charge is -2.41. The second kappa shape index (κ2) is 5.94. The molecule has 3 heteroatoms. The van der Waals surface area contributed by atoms with Crippen molar-refractivity contribution in [2.45, 2.75) is 51.7 Å². The normalized spacial score (nSPS) is 49.5. The van der Waals surface area contributed by atoms with Gasteiger partial charge in [0.05, 0.1) is 6.10 Å². The van der Waals surface area contributed by atoms with Gasteiger partial charge < -0.3 is 15.3 Å². The minimum absolute atomic E-state index is 0.0195. The zero-order chi connectivity index (χ0) is 14.3. The average molecular weight is 280 g/mol. The van der Waals surface area contributed by atoms with Crippen LogP contribution < -0.4 is 5.32 Å². The molecule has 3 aliphatic rings. The molecule has 20 heavy (non-hydrogen) atoms. The molecule has 7 atom stereocenters. The van der Waals surface area contributed by atoms with Crippen LogP contribution in [0.15, 0.2) is 0 Å². The molecule has 1 heterocycles. The third kappa shape index (κ3) is 2.77. The quantitative estimate of drug-likeness (QED) is 0.829. The molecule has 0 aromatic carbocycles. The standard InChI is InChI=1S/C17H32N2O/c1-11-6-12(2)14(16(7-11)18-3)9-19-8-13-4-5-17(20)15(13)10-19/h11-18,20H,4-10H2,1-3H3. The van der Waals surface area contributed by atoms with Gasteiger partial charge in [-0.2, -0.15) is 0 Å². The molecule has 1 saturated heterocycles. The topological polar surface area (TPSA) is 35.5 Å². The Labute approximate surface area is 124 Å². The monoisotopic (exact) mass is 280 g/mol. The molecule has 2 saturated carbocycles. The van der Waals surface area contributed by atoms with Crippen molar-refractivity contribution in [1.29, 1.82) is 0 Å². The first-order chi connectivity index (χ1) is 9.58. The second-order valence-electron chi connectivity index (χ2n) is 7.90. The molecular weight excluding hydrogens is 248 g/mol. The number of aliphatic hydroxyl groups is 1. The molecule has 0 amide bonds. The van der Waals surface area contributed by atoms with Crippen LogP contribution in [0.25, 0.3) is 0 Å². The zero-order valence-corrected chi connectivity index (χ0v) is 13.4. The Balaban J connectivity index is 1.59. The maximum absolute atomic E-state index is 10.1. The van der Waals surface area contributed by atoms with Gasteiger partial charge in [0.15, 0.2) is 0 Å². The summed E-state index contributed by atoms with van der Waals surface area (Å²) >= 11 is 0. The summed E-state index contributed by atoms with van der Waals surface area (Å²) in [4.78, 5) is 2.65. The summed E-state index contributed by atoms with van der Waals surface area (Å²) < 4.78 is 0. The summed E-state index contributed by atoms with van der Waals surface area (Å²) in [5.41, 5.74) is 0. The molecule has 0 aromatic heterocycles. The van der Waals surface area contributed by atoms with Gasteiger partial charge in [-0.3, -0.25) is 0 Å². The minimum atomic E-state index is -0.0195. The highest BCUT2D eigenvalue weighted by molar-refractivity contribution is 4.96.